The molecule has 1 aliphatic carbocycles. The van der Waals surface area contributed by atoms with Gasteiger partial charge in [0.1, 0.15) is 0 Å². The minimum Gasteiger partial charge on any atom is -0.309 e. The smallest absolute Gasteiger partial charge is 0.0409 e. The fourth-order valence-electron chi connectivity index (χ4n) is 3.37. The second kappa shape index (κ2) is 7.89. The van der Waals surface area contributed by atoms with Gasteiger partial charge < -0.3 is 5.32 Å². The van der Waals surface area contributed by atoms with E-state index in [9.17, 15) is 0 Å². The van der Waals surface area contributed by atoms with E-state index in [2.05, 4.69) is 37.6 Å². The van der Waals surface area contributed by atoms with Gasteiger partial charge in [-0.1, -0.05) is 44.4 Å². The van der Waals surface area contributed by atoms with Crippen LogP contribution in [-0.2, 0) is 6.42 Å². The molecule has 2 rings (SSSR count). The Morgan fingerprint density at radius 2 is 2.00 bits per heavy atom. The molecule has 0 radical (unpaired) electrons. The van der Waals surface area contributed by atoms with Crippen LogP contribution in [0.1, 0.15) is 56.7 Å². The molecule has 118 valence electrons. The van der Waals surface area contributed by atoms with E-state index < -0.39 is 0 Å². The van der Waals surface area contributed by atoms with Crippen LogP contribution in [0.25, 0.3) is 0 Å². The van der Waals surface area contributed by atoms with Crippen LogP contribution >= 0.6 is 23.4 Å². The maximum absolute atomic E-state index is 6.18. The molecule has 3 heteroatoms. The summed E-state index contributed by atoms with van der Waals surface area (Å²) in [7, 11) is 0. The highest BCUT2D eigenvalue weighted by atomic mass is 35.5. The number of hydrogen-bond donors (Lipinski definition) is 1. The second-order valence-electron chi connectivity index (χ2n) is 6.80. The minimum atomic E-state index is 0.284. The third-order valence-corrected chi connectivity index (χ3v) is 5.40. The highest BCUT2D eigenvalue weighted by molar-refractivity contribution is 7.98. The molecule has 0 heterocycles. The summed E-state index contributed by atoms with van der Waals surface area (Å²) in [5.74, 6) is 1.30. The molecule has 0 amide bonds. The highest BCUT2D eigenvalue weighted by Crippen LogP contribution is 2.45. The predicted octanol–water partition coefficient (Wildman–Crippen LogP) is 5.48. The number of hydrogen-bond acceptors (Lipinski definition) is 2. The molecule has 1 nitrogen and oxygen atoms in total. The lowest BCUT2D eigenvalue weighted by molar-refractivity contribution is 0.268. The van der Waals surface area contributed by atoms with Gasteiger partial charge >= 0.3 is 0 Å². The fourth-order valence-corrected chi connectivity index (χ4v) is 4.04. The summed E-state index contributed by atoms with van der Waals surface area (Å²) in [6.45, 7) is 5.83. The molecule has 0 saturated heterocycles. The highest BCUT2D eigenvalue weighted by Gasteiger charge is 2.38. The Balaban J connectivity index is 1.83. The molecule has 1 unspecified atom stereocenters. The first-order chi connectivity index (χ1) is 10.0. The van der Waals surface area contributed by atoms with Crippen LogP contribution in [0.15, 0.2) is 18.2 Å². The summed E-state index contributed by atoms with van der Waals surface area (Å²) in [6.07, 6.45) is 8.66. The first kappa shape index (κ1) is 17.2. The molecule has 21 heavy (non-hydrogen) atoms. The standard InChI is InChI=1S/C18H28ClNS/c1-18(2)13-14-8-9-15(19)12-16(14)17(18)20-10-6-4-5-7-11-21-3/h8-9,12,17,20H,4-7,10-11,13H2,1-3H3. The number of nitrogens with one attached hydrogen (secondary N) is 1. The zero-order valence-electron chi connectivity index (χ0n) is 13.5. The molecular formula is C18H28ClNS. The van der Waals surface area contributed by atoms with Crippen molar-refractivity contribution in [3.63, 3.8) is 0 Å². The van der Waals surface area contributed by atoms with Crippen LogP contribution in [-0.4, -0.2) is 18.6 Å². The zero-order chi connectivity index (χ0) is 15.3. The molecular weight excluding hydrogens is 298 g/mol. The lowest BCUT2D eigenvalue weighted by Gasteiger charge is -2.28. The monoisotopic (exact) mass is 325 g/mol. The van der Waals surface area contributed by atoms with Crippen molar-refractivity contribution in [3.8, 4) is 0 Å². The molecule has 0 aliphatic heterocycles. The molecule has 0 aromatic heterocycles. The Hall–Kier alpha value is -0.180. The molecule has 0 saturated carbocycles. The van der Waals surface area contributed by atoms with Gasteiger partial charge in [0, 0.05) is 11.1 Å². The zero-order valence-corrected chi connectivity index (χ0v) is 15.1. The average Bonchev–Trinajstić information content (AvgIpc) is 2.68. The van der Waals surface area contributed by atoms with E-state index in [1.165, 1.54) is 42.6 Å². The van der Waals surface area contributed by atoms with Gasteiger partial charge in [0.15, 0.2) is 0 Å². The Bertz CT molecular complexity index is 459. The lowest BCUT2D eigenvalue weighted by atomic mass is 9.85. The molecule has 1 atom stereocenters. The van der Waals surface area contributed by atoms with Crippen LogP contribution in [0.5, 0.6) is 0 Å². The Morgan fingerprint density at radius 1 is 1.24 bits per heavy atom. The van der Waals surface area contributed by atoms with Crippen molar-refractivity contribution >= 4 is 23.4 Å². The minimum absolute atomic E-state index is 0.284. The summed E-state index contributed by atoms with van der Waals surface area (Å²) >= 11 is 8.14. The van der Waals surface area contributed by atoms with E-state index in [1.807, 2.05) is 17.8 Å². The maximum atomic E-state index is 6.18. The van der Waals surface area contributed by atoms with Crippen LogP contribution in [0.4, 0.5) is 0 Å². The SMILES string of the molecule is CSCCCCCCNC1c2cc(Cl)ccc2CC1(C)C. The summed E-state index contributed by atoms with van der Waals surface area (Å²) in [6, 6.07) is 6.81. The summed E-state index contributed by atoms with van der Waals surface area (Å²) in [5.41, 5.74) is 3.16. The van der Waals surface area contributed by atoms with E-state index in [0.717, 1.165) is 18.0 Å². The lowest BCUT2D eigenvalue weighted by Crippen LogP contribution is -2.31. The average molecular weight is 326 g/mol. The second-order valence-corrected chi connectivity index (χ2v) is 8.22. The van der Waals surface area contributed by atoms with Crippen LogP contribution in [0.2, 0.25) is 5.02 Å². The predicted molar refractivity (Wildman–Crippen MR) is 96.5 cm³/mol. The van der Waals surface area contributed by atoms with Crippen LogP contribution < -0.4 is 5.32 Å². The van der Waals surface area contributed by atoms with E-state index in [4.69, 9.17) is 11.6 Å². The van der Waals surface area contributed by atoms with Crippen molar-refractivity contribution < 1.29 is 0 Å². The number of thioether (sulfide) groups is 1. The van der Waals surface area contributed by atoms with Crippen molar-refractivity contribution in [1.29, 1.82) is 0 Å². The van der Waals surface area contributed by atoms with Gasteiger partial charge in [-0.2, -0.15) is 11.8 Å². The van der Waals surface area contributed by atoms with E-state index in [-0.39, 0.29) is 5.41 Å². The third kappa shape index (κ3) is 4.64. The maximum Gasteiger partial charge on any atom is 0.0409 e. The van der Waals surface area contributed by atoms with Gasteiger partial charge in [-0.25, -0.2) is 0 Å². The van der Waals surface area contributed by atoms with Crippen molar-refractivity contribution in [3.05, 3.63) is 34.3 Å². The van der Waals surface area contributed by atoms with Gasteiger partial charge in [0.25, 0.3) is 0 Å². The molecule has 1 aromatic rings. The third-order valence-electron chi connectivity index (χ3n) is 4.47. The van der Waals surface area contributed by atoms with Gasteiger partial charge in [0.2, 0.25) is 0 Å². The molecule has 0 spiro atoms. The number of benzene rings is 1. The van der Waals surface area contributed by atoms with Crippen LogP contribution in [0, 0.1) is 5.41 Å². The molecule has 0 fully saturated rings. The normalized spacial score (nSPS) is 19.7. The van der Waals surface area contributed by atoms with Gasteiger partial charge in [-0.05, 0) is 66.5 Å². The Labute approximate surface area is 139 Å². The summed E-state index contributed by atoms with van der Waals surface area (Å²) in [5, 5.41) is 4.64. The first-order valence-electron chi connectivity index (χ1n) is 8.05. The fraction of sp³-hybridized carbons (Fsp3) is 0.667. The van der Waals surface area contributed by atoms with Crippen molar-refractivity contribution in [1.82, 2.24) is 5.32 Å². The summed E-state index contributed by atoms with van der Waals surface area (Å²) in [4.78, 5) is 0. The quantitative estimate of drug-likeness (QED) is 0.635. The number of fused-ring (bicyclic) bond motifs is 1. The van der Waals surface area contributed by atoms with Gasteiger partial charge in [-0.15, -0.1) is 0 Å². The molecule has 0 bridgehead atoms. The molecule has 1 aromatic carbocycles. The van der Waals surface area contributed by atoms with E-state index in [1.54, 1.807) is 0 Å². The van der Waals surface area contributed by atoms with E-state index in [0.29, 0.717) is 6.04 Å². The topological polar surface area (TPSA) is 12.0 Å². The number of unbranched alkanes of at least 4 members (excludes halogenated alkanes) is 3. The number of halogens is 1. The van der Waals surface area contributed by atoms with Gasteiger partial charge in [0.05, 0.1) is 0 Å². The molecule has 1 N–H and O–H groups in total. The summed E-state index contributed by atoms with van der Waals surface area (Å²) < 4.78 is 0. The van der Waals surface area contributed by atoms with Gasteiger partial charge in [-0.3, -0.25) is 0 Å². The Kier molecular flexibility index (Phi) is 6.46. The Morgan fingerprint density at radius 3 is 2.76 bits per heavy atom. The largest absolute Gasteiger partial charge is 0.309 e. The van der Waals surface area contributed by atoms with Crippen molar-refractivity contribution in [2.75, 3.05) is 18.6 Å². The van der Waals surface area contributed by atoms with Crippen LogP contribution in [0.3, 0.4) is 0 Å². The van der Waals surface area contributed by atoms with Crippen molar-refractivity contribution in [2.24, 2.45) is 5.41 Å². The van der Waals surface area contributed by atoms with Crippen molar-refractivity contribution in [2.45, 2.75) is 52.0 Å². The molecule has 1 aliphatic rings. The number of rotatable bonds is 8. The van der Waals surface area contributed by atoms with E-state index >= 15 is 0 Å². The first-order valence-corrected chi connectivity index (χ1v) is 9.82.